The highest BCUT2D eigenvalue weighted by atomic mass is 16.5. The van der Waals surface area contributed by atoms with E-state index < -0.39 is 0 Å². The van der Waals surface area contributed by atoms with Crippen LogP contribution in [0.2, 0.25) is 0 Å². The third-order valence-corrected chi connectivity index (χ3v) is 4.41. The summed E-state index contributed by atoms with van der Waals surface area (Å²) in [5.41, 5.74) is 0. The fraction of sp³-hybridized carbons (Fsp3) is 1.00. The number of hydrogen-bond acceptors (Lipinski definition) is 2. The van der Waals surface area contributed by atoms with Gasteiger partial charge >= 0.3 is 0 Å². The molecule has 0 amide bonds. The molecule has 3 atom stereocenters. The molecule has 16 heavy (non-hydrogen) atoms. The van der Waals surface area contributed by atoms with Gasteiger partial charge in [-0.15, -0.1) is 0 Å². The molecule has 0 aromatic carbocycles. The van der Waals surface area contributed by atoms with Crippen LogP contribution in [0.25, 0.3) is 0 Å². The Morgan fingerprint density at radius 2 is 2.06 bits per heavy atom. The lowest BCUT2D eigenvalue weighted by molar-refractivity contribution is 0.0594. The summed E-state index contributed by atoms with van der Waals surface area (Å²) in [5, 5.41) is 3.80. The molecule has 1 N–H and O–H groups in total. The van der Waals surface area contributed by atoms with Crippen LogP contribution in [-0.2, 0) is 4.74 Å². The molecule has 1 aliphatic heterocycles. The first-order valence-electron chi connectivity index (χ1n) is 7.21. The van der Waals surface area contributed by atoms with Crippen LogP contribution in [0, 0.1) is 11.8 Å². The van der Waals surface area contributed by atoms with Crippen molar-refractivity contribution in [3.05, 3.63) is 0 Å². The second-order valence-corrected chi connectivity index (χ2v) is 5.44. The minimum absolute atomic E-state index is 0.523. The van der Waals surface area contributed by atoms with Crippen molar-refractivity contribution >= 4 is 0 Å². The molecule has 0 aromatic rings. The summed E-state index contributed by atoms with van der Waals surface area (Å²) in [7, 11) is 0. The third kappa shape index (κ3) is 2.60. The van der Waals surface area contributed by atoms with E-state index in [1.165, 1.54) is 45.1 Å². The van der Waals surface area contributed by atoms with Crippen molar-refractivity contribution in [3.8, 4) is 0 Å². The summed E-state index contributed by atoms with van der Waals surface area (Å²) < 4.78 is 5.85. The molecular weight excluding hydrogens is 198 g/mol. The Morgan fingerprint density at radius 1 is 1.25 bits per heavy atom. The quantitative estimate of drug-likeness (QED) is 0.750. The maximum atomic E-state index is 5.85. The maximum absolute atomic E-state index is 5.85. The summed E-state index contributed by atoms with van der Waals surface area (Å²) in [6.07, 6.45) is 8.54. The fourth-order valence-corrected chi connectivity index (χ4v) is 3.27. The molecule has 2 fully saturated rings. The maximum Gasteiger partial charge on any atom is 0.0616 e. The van der Waals surface area contributed by atoms with Crippen LogP contribution in [0.1, 0.15) is 52.4 Å². The molecule has 0 radical (unpaired) electrons. The molecule has 0 spiro atoms. The van der Waals surface area contributed by atoms with Crippen LogP contribution in [0.4, 0.5) is 0 Å². The van der Waals surface area contributed by atoms with Crippen molar-refractivity contribution in [3.63, 3.8) is 0 Å². The molecule has 0 bridgehead atoms. The van der Waals surface area contributed by atoms with Crippen molar-refractivity contribution in [2.75, 3.05) is 13.2 Å². The van der Waals surface area contributed by atoms with Gasteiger partial charge in [-0.1, -0.05) is 20.3 Å². The average Bonchev–Trinajstić information content (AvgIpc) is 2.69. The van der Waals surface area contributed by atoms with Gasteiger partial charge in [0.25, 0.3) is 0 Å². The lowest BCUT2D eigenvalue weighted by atomic mass is 9.73. The Balaban J connectivity index is 1.93. The summed E-state index contributed by atoms with van der Waals surface area (Å²) in [5.74, 6) is 1.72. The van der Waals surface area contributed by atoms with Crippen LogP contribution in [0.15, 0.2) is 0 Å². The third-order valence-electron chi connectivity index (χ3n) is 4.41. The zero-order valence-corrected chi connectivity index (χ0v) is 10.9. The molecule has 0 aromatic heterocycles. The van der Waals surface area contributed by atoms with Crippen LogP contribution < -0.4 is 5.32 Å². The monoisotopic (exact) mass is 225 g/mol. The molecule has 94 valence electrons. The predicted molar refractivity (Wildman–Crippen MR) is 67.6 cm³/mol. The summed E-state index contributed by atoms with van der Waals surface area (Å²) in [6.45, 7) is 6.68. The van der Waals surface area contributed by atoms with Gasteiger partial charge in [-0.25, -0.2) is 0 Å². The molecular formula is C14H27NO. The Hall–Kier alpha value is -0.0800. The zero-order chi connectivity index (χ0) is 11.4. The van der Waals surface area contributed by atoms with E-state index >= 15 is 0 Å². The normalized spacial score (nSPS) is 32.6. The van der Waals surface area contributed by atoms with Gasteiger partial charge in [0.05, 0.1) is 6.10 Å². The molecule has 1 saturated carbocycles. The highest BCUT2D eigenvalue weighted by Gasteiger charge is 2.39. The second-order valence-electron chi connectivity index (χ2n) is 5.44. The van der Waals surface area contributed by atoms with Crippen LogP contribution >= 0.6 is 0 Å². The van der Waals surface area contributed by atoms with Gasteiger partial charge in [-0.05, 0) is 44.6 Å². The SMILES string of the molecule is CCCNC(C1CCC1)C1CCOC1CC. The van der Waals surface area contributed by atoms with Crippen molar-refractivity contribution in [1.82, 2.24) is 5.32 Å². The van der Waals surface area contributed by atoms with E-state index in [4.69, 9.17) is 4.74 Å². The molecule has 1 saturated heterocycles. The van der Waals surface area contributed by atoms with E-state index in [-0.39, 0.29) is 0 Å². The fourth-order valence-electron chi connectivity index (χ4n) is 3.27. The first-order chi connectivity index (χ1) is 7.86. The van der Waals surface area contributed by atoms with Crippen LogP contribution in [0.3, 0.4) is 0 Å². The van der Waals surface area contributed by atoms with Crippen LogP contribution in [-0.4, -0.2) is 25.3 Å². The van der Waals surface area contributed by atoms with Crippen molar-refractivity contribution in [2.45, 2.75) is 64.5 Å². The topological polar surface area (TPSA) is 21.3 Å². The van der Waals surface area contributed by atoms with E-state index in [1.54, 1.807) is 0 Å². The number of hydrogen-bond donors (Lipinski definition) is 1. The van der Waals surface area contributed by atoms with Crippen molar-refractivity contribution in [2.24, 2.45) is 11.8 Å². The highest BCUT2D eigenvalue weighted by Crippen LogP contribution is 2.38. The number of ether oxygens (including phenoxy) is 1. The molecule has 1 heterocycles. The molecule has 3 unspecified atom stereocenters. The van der Waals surface area contributed by atoms with Gasteiger partial charge in [-0.2, -0.15) is 0 Å². The Labute approximate surface area is 100 Å². The Morgan fingerprint density at radius 3 is 2.62 bits per heavy atom. The van der Waals surface area contributed by atoms with Crippen LogP contribution in [0.5, 0.6) is 0 Å². The molecule has 2 aliphatic rings. The van der Waals surface area contributed by atoms with E-state index in [9.17, 15) is 0 Å². The smallest absolute Gasteiger partial charge is 0.0616 e. The largest absolute Gasteiger partial charge is 0.378 e. The standard InChI is InChI=1S/C14H27NO/c1-3-9-15-14(11-6-5-7-11)12-8-10-16-13(12)4-2/h11-15H,3-10H2,1-2H3. The lowest BCUT2D eigenvalue weighted by Crippen LogP contribution is -2.47. The van der Waals surface area contributed by atoms with Crippen molar-refractivity contribution in [1.29, 1.82) is 0 Å². The van der Waals surface area contributed by atoms with E-state index in [1.807, 2.05) is 0 Å². The summed E-state index contributed by atoms with van der Waals surface area (Å²) in [6, 6.07) is 0.737. The van der Waals surface area contributed by atoms with E-state index in [0.29, 0.717) is 6.10 Å². The van der Waals surface area contributed by atoms with Gasteiger partial charge < -0.3 is 10.1 Å². The van der Waals surface area contributed by atoms with Gasteiger partial charge in [0, 0.05) is 18.6 Å². The lowest BCUT2D eigenvalue weighted by Gasteiger charge is -2.39. The van der Waals surface area contributed by atoms with E-state index in [0.717, 1.165) is 24.5 Å². The minimum atomic E-state index is 0.523. The Bertz CT molecular complexity index is 203. The van der Waals surface area contributed by atoms with Gasteiger partial charge in [0.15, 0.2) is 0 Å². The van der Waals surface area contributed by atoms with Gasteiger partial charge in [0.2, 0.25) is 0 Å². The highest BCUT2D eigenvalue weighted by molar-refractivity contribution is 4.92. The first kappa shape index (κ1) is 12.4. The predicted octanol–water partition coefficient (Wildman–Crippen LogP) is 2.97. The molecule has 2 heteroatoms. The first-order valence-corrected chi connectivity index (χ1v) is 7.21. The molecule has 1 aliphatic carbocycles. The second kappa shape index (κ2) is 6.02. The number of rotatable bonds is 6. The zero-order valence-electron chi connectivity index (χ0n) is 10.9. The van der Waals surface area contributed by atoms with E-state index in [2.05, 4.69) is 19.2 Å². The average molecular weight is 225 g/mol. The Kier molecular flexibility index (Phi) is 4.66. The molecule has 2 nitrogen and oxygen atoms in total. The van der Waals surface area contributed by atoms with Gasteiger partial charge in [-0.3, -0.25) is 0 Å². The summed E-state index contributed by atoms with van der Waals surface area (Å²) in [4.78, 5) is 0. The van der Waals surface area contributed by atoms with Crippen molar-refractivity contribution < 1.29 is 4.74 Å². The number of nitrogens with one attached hydrogen (secondary N) is 1. The minimum Gasteiger partial charge on any atom is -0.378 e. The summed E-state index contributed by atoms with van der Waals surface area (Å²) >= 11 is 0. The molecule has 2 rings (SSSR count). The van der Waals surface area contributed by atoms with Gasteiger partial charge in [0.1, 0.15) is 0 Å².